The number of amides is 1. The largest absolute Gasteiger partial charge is 0.481 e. The van der Waals surface area contributed by atoms with Crippen LogP contribution in [0.2, 0.25) is 0 Å². The van der Waals surface area contributed by atoms with Crippen LogP contribution >= 0.6 is 0 Å². The number of aliphatic carboxylic acids is 1. The molecular weight excluding hydrogens is 218 g/mol. The van der Waals surface area contributed by atoms with Crippen LogP contribution in [-0.4, -0.2) is 23.5 Å². The number of nitrogens with one attached hydrogen (secondary N) is 1. The van der Waals surface area contributed by atoms with E-state index in [-0.39, 0.29) is 13.8 Å². The first kappa shape index (κ1) is 14.0. The maximum atomic E-state index is 11.5. The van der Waals surface area contributed by atoms with E-state index in [1.54, 1.807) is 0 Å². The third kappa shape index (κ3) is 6.97. The second-order valence-electron chi connectivity index (χ2n) is 4.89. The van der Waals surface area contributed by atoms with E-state index >= 15 is 0 Å². The van der Waals surface area contributed by atoms with Gasteiger partial charge in [-0.15, -0.1) is 0 Å². The van der Waals surface area contributed by atoms with Crippen LogP contribution in [0.4, 0.5) is 0 Å². The molecule has 0 saturated heterocycles. The average Bonchev–Trinajstić information content (AvgIpc) is 2.33. The predicted octanol–water partition coefficient (Wildman–Crippen LogP) is 2.57. The van der Waals surface area contributed by atoms with Gasteiger partial charge in [0.1, 0.15) is 0 Å². The summed E-state index contributed by atoms with van der Waals surface area (Å²) >= 11 is 0. The fourth-order valence-corrected chi connectivity index (χ4v) is 2.37. The first-order chi connectivity index (χ1) is 8.18. The second-order valence-corrected chi connectivity index (χ2v) is 4.89. The van der Waals surface area contributed by atoms with Crippen molar-refractivity contribution in [2.24, 2.45) is 5.92 Å². The molecule has 1 amide bonds. The maximum Gasteiger partial charge on any atom is 0.303 e. The summed E-state index contributed by atoms with van der Waals surface area (Å²) < 4.78 is 0. The van der Waals surface area contributed by atoms with Gasteiger partial charge in [-0.2, -0.15) is 0 Å². The highest BCUT2D eigenvalue weighted by molar-refractivity contribution is 5.75. The van der Waals surface area contributed by atoms with E-state index in [9.17, 15) is 9.59 Å². The Morgan fingerprint density at radius 1 is 1.18 bits per heavy atom. The fraction of sp³-hybridized carbons (Fsp3) is 0.846. The van der Waals surface area contributed by atoms with Crippen LogP contribution < -0.4 is 5.32 Å². The summed E-state index contributed by atoms with van der Waals surface area (Å²) in [5.41, 5.74) is 0. The Labute approximate surface area is 104 Å². The van der Waals surface area contributed by atoms with Gasteiger partial charge in [-0.3, -0.25) is 9.59 Å². The van der Waals surface area contributed by atoms with Gasteiger partial charge >= 0.3 is 5.97 Å². The van der Waals surface area contributed by atoms with Crippen molar-refractivity contribution < 1.29 is 16.1 Å². The number of rotatable bonds is 7. The molecule has 1 aliphatic carbocycles. The molecule has 0 aromatic carbocycles. The normalized spacial score (nSPS) is 16.7. The molecular formula is C13H25NO3. The lowest BCUT2D eigenvalue weighted by Gasteiger charge is -2.20. The van der Waals surface area contributed by atoms with Crippen LogP contribution in [-0.2, 0) is 9.59 Å². The number of carboxylic acid groups (broad SMARTS) is 1. The Morgan fingerprint density at radius 2 is 1.88 bits per heavy atom. The van der Waals surface area contributed by atoms with Gasteiger partial charge < -0.3 is 10.4 Å². The molecule has 4 heteroatoms. The van der Waals surface area contributed by atoms with E-state index in [4.69, 9.17) is 5.11 Å². The number of carbonyl (C=O) groups excluding carboxylic acids is 1. The van der Waals surface area contributed by atoms with Crippen molar-refractivity contribution in [2.45, 2.75) is 57.8 Å². The van der Waals surface area contributed by atoms with Crippen LogP contribution in [0.25, 0.3) is 0 Å². The number of hydrogen-bond acceptors (Lipinski definition) is 2. The maximum absolute atomic E-state index is 11.5. The quantitative estimate of drug-likeness (QED) is 0.675. The standard InChI is InChI=1S/C13H23NO3.H2/c15-12(14-10-4-7-13(16)17)9-8-11-5-2-1-3-6-11;/h11H,1-10H2,(H,14,15)(H,16,17);1H. The van der Waals surface area contributed by atoms with Gasteiger partial charge in [0.15, 0.2) is 0 Å². The number of carboxylic acids is 1. The van der Waals surface area contributed by atoms with Gasteiger partial charge in [0.25, 0.3) is 0 Å². The molecule has 0 heterocycles. The van der Waals surface area contributed by atoms with Crippen molar-refractivity contribution in [1.82, 2.24) is 5.32 Å². The molecule has 0 aromatic rings. The molecule has 17 heavy (non-hydrogen) atoms. The minimum absolute atomic E-state index is 0. The highest BCUT2D eigenvalue weighted by atomic mass is 16.4. The zero-order chi connectivity index (χ0) is 12.5. The van der Waals surface area contributed by atoms with E-state index in [1.165, 1.54) is 32.1 Å². The van der Waals surface area contributed by atoms with E-state index in [1.807, 2.05) is 0 Å². The predicted molar refractivity (Wildman–Crippen MR) is 67.8 cm³/mol. The van der Waals surface area contributed by atoms with Gasteiger partial charge in [0.05, 0.1) is 0 Å². The average molecular weight is 243 g/mol. The summed E-state index contributed by atoms with van der Waals surface area (Å²) in [6, 6.07) is 0. The van der Waals surface area contributed by atoms with Crippen molar-refractivity contribution >= 4 is 11.9 Å². The summed E-state index contributed by atoms with van der Waals surface area (Å²) in [5, 5.41) is 11.2. The van der Waals surface area contributed by atoms with E-state index in [2.05, 4.69) is 5.32 Å². The molecule has 4 nitrogen and oxygen atoms in total. The van der Waals surface area contributed by atoms with Crippen molar-refractivity contribution in [3.8, 4) is 0 Å². The molecule has 0 radical (unpaired) electrons. The van der Waals surface area contributed by atoms with Gasteiger partial charge in [-0.1, -0.05) is 32.1 Å². The molecule has 2 N–H and O–H groups in total. The Bertz CT molecular complexity index is 253. The lowest BCUT2D eigenvalue weighted by Crippen LogP contribution is -2.25. The van der Waals surface area contributed by atoms with Crippen LogP contribution in [0.15, 0.2) is 0 Å². The summed E-state index contributed by atoms with van der Waals surface area (Å²) in [6.07, 6.45) is 8.74. The lowest BCUT2D eigenvalue weighted by atomic mass is 9.86. The molecule has 0 unspecified atom stereocenters. The molecule has 0 bridgehead atoms. The molecule has 1 aliphatic rings. The minimum atomic E-state index is -0.804. The molecule has 0 atom stereocenters. The van der Waals surface area contributed by atoms with E-state index in [0.717, 1.165) is 12.3 Å². The molecule has 0 aliphatic heterocycles. The molecule has 1 rings (SSSR count). The van der Waals surface area contributed by atoms with Crippen LogP contribution in [0, 0.1) is 5.92 Å². The van der Waals surface area contributed by atoms with Crippen LogP contribution in [0.1, 0.15) is 59.2 Å². The minimum Gasteiger partial charge on any atom is -0.481 e. The van der Waals surface area contributed by atoms with Crippen molar-refractivity contribution in [3.63, 3.8) is 0 Å². The zero-order valence-corrected chi connectivity index (χ0v) is 10.4. The molecule has 100 valence electrons. The smallest absolute Gasteiger partial charge is 0.303 e. The monoisotopic (exact) mass is 243 g/mol. The van der Waals surface area contributed by atoms with Gasteiger partial charge in [0, 0.05) is 20.8 Å². The van der Waals surface area contributed by atoms with Gasteiger partial charge in [0.2, 0.25) is 5.91 Å². The van der Waals surface area contributed by atoms with Crippen molar-refractivity contribution in [2.75, 3.05) is 6.54 Å². The Kier molecular flexibility index (Phi) is 6.67. The summed E-state index contributed by atoms with van der Waals surface area (Å²) in [7, 11) is 0. The summed E-state index contributed by atoms with van der Waals surface area (Å²) in [4.78, 5) is 21.7. The third-order valence-corrected chi connectivity index (χ3v) is 3.39. The van der Waals surface area contributed by atoms with Crippen molar-refractivity contribution in [3.05, 3.63) is 0 Å². The Hall–Kier alpha value is -1.06. The summed E-state index contributed by atoms with van der Waals surface area (Å²) in [6.45, 7) is 0.482. The van der Waals surface area contributed by atoms with Crippen LogP contribution in [0.3, 0.4) is 0 Å². The van der Waals surface area contributed by atoms with E-state index < -0.39 is 5.97 Å². The third-order valence-electron chi connectivity index (χ3n) is 3.39. The topological polar surface area (TPSA) is 66.4 Å². The zero-order valence-electron chi connectivity index (χ0n) is 10.4. The number of hydrogen-bond donors (Lipinski definition) is 2. The SMILES string of the molecule is O=C(O)CCCNC(=O)CCC1CCCCC1.[HH]. The molecule has 1 fully saturated rings. The first-order valence-electron chi connectivity index (χ1n) is 6.67. The Balaban J connectivity index is 0.00000289. The fourth-order valence-electron chi connectivity index (χ4n) is 2.37. The highest BCUT2D eigenvalue weighted by Gasteiger charge is 2.14. The second kappa shape index (κ2) is 8.09. The number of carbonyl (C=O) groups is 2. The van der Waals surface area contributed by atoms with Crippen LogP contribution in [0.5, 0.6) is 0 Å². The molecule has 0 aromatic heterocycles. The van der Waals surface area contributed by atoms with Gasteiger partial charge in [-0.25, -0.2) is 0 Å². The van der Waals surface area contributed by atoms with Gasteiger partial charge in [-0.05, 0) is 18.8 Å². The van der Waals surface area contributed by atoms with E-state index in [0.29, 0.717) is 19.4 Å². The summed E-state index contributed by atoms with van der Waals surface area (Å²) in [5.74, 6) is -0.00376. The Morgan fingerprint density at radius 3 is 2.53 bits per heavy atom. The highest BCUT2D eigenvalue weighted by Crippen LogP contribution is 2.27. The first-order valence-corrected chi connectivity index (χ1v) is 6.67. The molecule has 0 spiro atoms. The van der Waals surface area contributed by atoms with Crippen molar-refractivity contribution in [1.29, 1.82) is 0 Å². The lowest BCUT2D eigenvalue weighted by molar-refractivity contribution is -0.137. The molecule has 1 saturated carbocycles.